The molecule has 0 unspecified atom stereocenters. The van der Waals surface area contributed by atoms with Gasteiger partial charge in [-0.1, -0.05) is 36.4 Å². The molecule has 27 heavy (non-hydrogen) atoms. The van der Waals surface area contributed by atoms with Crippen molar-refractivity contribution in [2.75, 3.05) is 13.1 Å². The number of aliphatic imine (C=N–C) groups is 1. The fraction of sp³-hybridized carbons (Fsp3) is 0.429. The van der Waals surface area contributed by atoms with Gasteiger partial charge in [0, 0.05) is 12.7 Å². The normalized spacial score (nSPS) is 15.7. The van der Waals surface area contributed by atoms with Crippen LogP contribution in [0.5, 0.6) is 0 Å². The fourth-order valence-corrected chi connectivity index (χ4v) is 3.12. The van der Waals surface area contributed by atoms with Gasteiger partial charge in [-0.3, -0.25) is 0 Å². The molecule has 0 bridgehead atoms. The zero-order chi connectivity index (χ0) is 20.0. The Bertz CT molecular complexity index is 750. The lowest BCUT2D eigenvalue weighted by Crippen LogP contribution is -2.58. The summed E-state index contributed by atoms with van der Waals surface area (Å²) in [5.74, 6) is 0. The van der Waals surface area contributed by atoms with Crippen LogP contribution in [0.15, 0.2) is 42.0 Å². The van der Waals surface area contributed by atoms with Crippen molar-refractivity contribution in [3.05, 3.63) is 53.7 Å². The summed E-state index contributed by atoms with van der Waals surface area (Å²) in [4.78, 5) is 17.9. The lowest BCUT2D eigenvalue weighted by molar-refractivity contribution is -0.0641. The number of amides is 2. The minimum absolute atomic E-state index is 0.0504. The van der Waals surface area contributed by atoms with Crippen molar-refractivity contribution >= 4 is 28.4 Å². The van der Waals surface area contributed by atoms with E-state index in [1.807, 2.05) is 39.8 Å². The number of allylic oxidation sites excluding steroid dienone is 2. The van der Waals surface area contributed by atoms with E-state index in [2.05, 4.69) is 23.0 Å². The van der Waals surface area contributed by atoms with E-state index < -0.39 is 0 Å². The Labute approximate surface area is 166 Å². The molecule has 0 radical (unpaired) electrons. The van der Waals surface area contributed by atoms with Crippen LogP contribution in [0.1, 0.15) is 37.5 Å². The van der Waals surface area contributed by atoms with Crippen LogP contribution in [-0.2, 0) is 11.3 Å². The maximum Gasteiger partial charge on any atom is 0.317 e. The quantitative estimate of drug-likeness (QED) is 0.698. The second-order valence-corrected chi connectivity index (χ2v) is 7.36. The van der Waals surface area contributed by atoms with E-state index in [0.717, 1.165) is 22.3 Å². The van der Waals surface area contributed by atoms with Crippen molar-refractivity contribution < 1.29 is 9.53 Å². The van der Waals surface area contributed by atoms with E-state index in [0.29, 0.717) is 24.8 Å². The zero-order valence-electron chi connectivity index (χ0n) is 16.5. The van der Waals surface area contributed by atoms with E-state index in [1.165, 1.54) is 6.20 Å². The number of likely N-dealkylation sites (tertiary alicyclic amines) is 1. The molecule has 0 saturated carbocycles. The second-order valence-electron chi connectivity index (χ2n) is 6.97. The number of aryl methyl sites for hydroxylation is 1. The highest BCUT2D eigenvalue weighted by atomic mass is 35.5. The molecule has 1 aromatic carbocycles. The number of rotatable bonds is 7. The van der Waals surface area contributed by atoms with Gasteiger partial charge < -0.3 is 15.0 Å². The summed E-state index contributed by atoms with van der Waals surface area (Å²) in [6, 6.07) is 6.09. The van der Waals surface area contributed by atoms with Crippen molar-refractivity contribution in [3.63, 3.8) is 0 Å². The molecule has 1 aliphatic heterocycles. The number of carbonyl (C=O) groups excluding carboxylic acids is 1. The number of nitrogens with one attached hydrogen (secondary N) is 1. The lowest BCUT2D eigenvalue weighted by Gasteiger charge is -2.39. The molecule has 1 heterocycles. The summed E-state index contributed by atoms with van der Waals surface area (Å²) in [7, 11) is 0. The predicted molar refractivity (Wildman–Crippen MR) is 112 cm³/mol. The molecule has 1 aromatic rings. The third kappa shape index (κ3) is 6.22. The van der Waals surface area contributed by atoms with Crippen molar-refractivity contribution in [1.82, 2.24) is 10.2 Å². The van der Waals surface area contributed by atoms with Crippen LogP contribution < -0.4 is 5.32 Å². The number of nitrogens with zero attached hydrogens (tertiary/aromatic N) is 2. The van der Waals surface area contributed by atoms with E-state index >= 15 is 0 Å². The average Bonchev–Trinajstić information content (AvgIpc) is 2.56. The first-order valence-corrected chi connectivity index (χ1v) is 9.48. The number of benzene rings is 1. The van der Waals surface area contributed by atoms with Gasteiger partial charge in [0.05, 0.1) is 25.3 Å². The van der Waals surface area contributed by atoms with Gasteiger partial charge in [0.25, 0.3) is 0 Å². The molecule has 146 valence electrons. The van der Waals surface area contributed by atoms with E-state index in [-0.39, 0.29) is 18.2 Å². The monoisotopic (exact) mass is 389 g/mol. The van der Waals surface area contributed by atoms with Gasteiger partial charge in [0.15, 0.2) is 0 Å². The van der Waals surface area contributed by atoms with Gasteiger partial charge in [-0.25, -0.2) is 9.79 Å². The SMILES string of the molecule is C=C/N=C(Cl)\C=C(/C)c1ccc(CNC(=O)N2CC(OC(C)C)C2)c(C)c1. The van der Waals surface area contributed by atoms with Gasteiger partial charge in [-0.05, 0) is 56.0 Å². The van der Waals surface area contributed by atoms with Gasteiger partial charge in [-0.15, -0.1) is 0 Å². The topological polar surface area (TPSA) is 53.9 Å². The molecule has 2 amide bonds. The maximum absolute atomic E-state index is 12.2. The van der Waals surface area contributed by atoms with Gasteiger partial charge in [0.1, 0.15) is 5.17 Å². The minimum Gasteiger partial charge on any atom is -0.372 e. The zero-order valence-corrected chi connectivity index (χ0v) is 17.2. The molecule has 1 aliphatic rings. The Kier molecular flexibility index (Phi) is 7.63. The number of urea groups is 1. The maximum atomic E-state index is 12.2. The fourth-order valence-electron chi connectivity index (χ4n) is 2.88. The van der Waals surface area contributed by atoms with E-state index in [4.69, 9.17) is 16.3 Å². The Balaban J connectivity index is 1.90. The second kappa shape index (κ2) is 9.72. The van der Waals surface area contributed by atoms with Crippen molar-refractivity contribution in [1.29, 1.82) is 0 Å². The largest absolute Gasteiger partial charge is 0.372 e. The van der Waals surface area contributed by atoms with Crippen molar-refractivity contribution in [2.45, 2.75) is 46.4 Å². The van der Waals surface area contributed by atoms with Crippen molar-refractivity contribution in [3.8, 4) is 0 Å². The summed E-state index contributed by atoms with van der Waals surface area (Å²) >= 11 is 6.01. The molecule has 0 atom stereocenters. The highest BCUT2D eigenvalue weighted by Gasteiger charge is 2.31. The van der Waals surface area contributed by atoms with Gasteiger partial charge >= 0.3 is 6.03 Å². The summed E-state index contributed by atoms with van der Waals surface area (Å²) in [6.07, 6.45) is 3.57. The molecule has 0 aliphatic carbocycles. The Morgan fingerprint density at radius 3 is 2.78 bits per heavy atom. The number of halogens is 1. The number of ether oxygens (including phenoxy) is 1. The van der Waals surface area contributed by atoms with Crippen LogP contribution in [0.4, 0.5) is 4.79 Å². The number of hydrogen-bond acceptors (Lipinski definition) is 3. The molecular weight excluding hydrogens is 362 g/mol. The number of carbonyl (C=O) groups is 1. The summed E-state index contributed by atoms with van der Waals surface area (Å²) in [6.45, 7) is 13.4. The van der Waals surface area contributed by atoms with Crippen LogP contribution in [0.2, 0.25) is 0 Å². The first-order chi connectivity index (χ1) is 12.8. The minimum atomic E-state index is -0.0504. The highest BCUT2D eigenvalue weighted by molar-refractivity contribution is 6.69. The summed E-state index contributed by atoms with van der Waals surface area (Å²) < 4.78 is 5.68. The van der Waals surface area contributed by atoms with Crippen LogP contribution in [0.25, 0.3) is 5.57 Å². The predicted octanol–water partition coefficient (Wildman–Crippen LogP) is 4.50. The third-order valence-corrected chi connectivity index (χ3v) is 4.58. The lowest BCUT2D eigenvalue weighted by atomic mass is 10.0. The third-order valence-electron chi connectivity index (χ3n) is 4.38. The van der Waals surface area contributed by atoms with Crippen molar-refractivity contribution in [2.24, 2.45) is 4.99 Å². The molecule has 1 saturated heterocycles. The Morgan fingerprint density at radius 2 is 2.19 bits per heavy atom. The molecule has 2 rings (SSSR count). The molecule has 1 N–H and O–H groups in total. The summed E-state index contributed by atoms with van der Waals surface area (Å²) in [5, 5.41) is 3.37. The van der Waals surface area contributed by atoms with Crippen LogP contribution in [0.3, 0.4) is 0 Å². The smallest absolute Gasteiger partial charge is 0.317 e. The van der Waals surface area contributed by atoms with E-state index in [1.54, 1.807) is 11.0 Å². The first kappa shape index (κ1) is 21.2. The highest BCUT2D eigenvalue weighted by Crippen LogP contribution is 2.19. The van der Waals surface area contributed by atoms with Gasteiger partial charge in [0.2, 0.25) is 0 Å². The molecule has 0 aromatic heterocycles. The molecule has 5 nitrogen and oxygen atoms in total. The Morgan fingerprint density at radius 1 is 1.48 bits per heavy atom. The van der Waals surface area contributed by atoms with Crippen LogP contribution in [-0.4, -0.2) is 41.4 Å². The average molecular weight is 390 g/mol. The summed E-state index contributed by atoms with van der Waals surface area (Å²) in [5.41, 5.74) is 4.28. The number of hydrogen-bond donors (Lipinski definition) is 1. The molecular formula is C21H28ClN3O2. The Hall–Kier alpha value is -2.11. The molecule has 0 spiro atoms. The first-order valence-electron chi connectivity index (χ1n) is 9.10. The van der Waals surface area contributed by atoms with Crippen LogP contribution >= 0.6 is 11.6 Å². The standard InChI is InChI=1S/C21H28ClN3O2/c1-6-23-20(22)10-16(5)17-7-8-18(15(4)9-17)11-24-21(26)25-12-19(13-25)27-14(2)3/h6-10,14,19H,1,11-13H2,2-5H3,(H,24,26)/b16-10+,23-20+. The van der Waals surface area contributed by atoms with E-state index in [9.17, 15) is 4.79 Å². The molecule has 1 fully saturated rings. The van der Waals surface area contributed by atoms with Gasteiger partial charge in [-0.2, -0.15) is 0 Å². The van der Waals surface area contributed by atoms with Crippen LogP contribution in [0, 0.1) is 6.92 Å². The molecule has 6 heteroatoms.